The molecule has 7 heteroatoms. The fourth-order valence-electron chi connectivity index (χ4n) is 5.49. The van der Waals surface area contributed by atoms with Crippen molar-refractivity contribution in [1.29, 1.82) is 0 Å². The lowest BCUT2D eigenvalue weighted by Gasteiger charge is -2.40. The number of benzene rings is 2. The smallest absolute Gasteiger partial charge is 0.154 e. The van der Waals surface area contributed by atoms with E-state index >= 15 is 0 Å². The second-order valence-corrected chi connectivity index (χ2v) is 9.97. The molecule has 0 aliphatic heterocycles. The van der Waals surface area contributed by atoms with Gasteiger partial charge in [0.25, 0.3) is 0 Å². The van der Waals surface area contributed by atoms with Gasteiger partial charge in [0.1, 0.15) is 22.9 Å². The predicted octanol–water partition coefficient (Wildman–Crippen LogP) is 5.21. The molecular weight excluding hydrogens is 460 g/mol. The Labute approximate surface area is 213 Å². The highest BCUT2D eigenvalue weighted by atomic mass is 16.3. The van der Waals surface area contributed by atoms with Gasteiger partial charge in [0.2, 0.25) is 0 Å². The number of imidazole rings is 2. The van der Waals surface area contributed by atoms with Crippen molar-refractivity contribution in [2.75, 3.05) is 5.73 Å². The molecule has 3 aromatic heterocycles. The lowest BCUT2D eigenvalue weighted by atomic mass is 9.72. The third-order valence-electron chi connectivity index (χ3n) is 7.18. The minimum atomic E-state index is -0.652. The Balaban J connectivity index is 1.43. The Bertz CT molecular complexity index is 1760. The second-order valence-electron chi connectivity index (χ2n) is 9.97. The number of hydrogen-bond acceptors (Lipinski definition) is 5. The number of aromatic nitrogens is 5. The highest BCUT2D eigenvalue weighted by Gasteiger charge is 2.41. The average Bonchev–Trinajstić information content (AvgIpc) is 3.48. The summed E-state index contributed by atoms with van der Waals surface area (Å²) in [6.45, 7) is 1.87. The number of nitrogen functional groups attached to an aromatic ring is 1. The van der Waals surface area contributed by atoms with Crippen molar-refractivity contribution in [2.24, 2.45) is 0 Å². The zero-order valence-corrected chi connectivity index (χ0v) is 20.3. The maximum atomic E-state index is 10.3. The molecular formula is C30H24N6O. The average molecular weight is 485 g/mol. The molecule has 1 saturated carbocycles. The van der Waals surface area contributed by atoms with E-state index in [0.29, 0.717) is 18.7 Å². The maximum absolute atomic E-state index is 10.3. The fraction of sp³-hybridized carbons (Fsp3) is 0.167. The van der Waals surface area contributed by atoms with Gasteiger partial charge in [-0.15, -0.1) is 0 Å². The first-order chi connectivity index (χ1) is 18.0. The Hall–Kier alpha value is -4.67. The van der Waals surface area contributed by atoms with E-state index < -0.39 is 5.60 Å². The predicted molar refractivity (Wildman–Crippen MR) is 143 cm³/mol. The third-order valence-corrected chi connectivity index (χ3v) is 7.18. The van der Waals surface area contributed by atoms with Gasteiger partial charge in [0.15, 0.2) is 5.82 Å². The van der Waals surface area contributed by atoms with Crippen molar-refractivity contribution in [1.82, 2.24) is 23.9 Å². The molecule has 0 bridgehead atoms. The molecule has 180 valence electrons. The van der Waals surface area contributed by atoms with Gasteiger partial charge in [0, 0.05) is 29.6 Å². The Morgan fingerprint density at radius 1 is 1.05 bits per heavy atom. The van der Waals surface area contributed by atoms with Crippen LogP contribution in [-0.2, 0) is 0 Å². The number of anilines is 1. The molecule has 0 spiro atoms. The summed E-state index contributed by atoms with van der Waals surface area (Å²) in [7, 11) is 0. The highest BCUT2D eigenvalue weighted by molar-refractivity contribution is 5.91. The van der Waals surface area contributed by atoms with Crippen molar-refractivity contribution in [3.05, 3.63) is 97.1 Å². The normalized spacial score (nSPS) is 19.1. The van der Waals surface area contributed by atoms with Crippen LogP contribution in [0.5, 0.6) is 0 Å². The van der Waals surface area contributed by atoms with E-state index in [1.54, 1.807) is 6.20 Å². The standard InChI is InChI=1S/C30H24N6O/c1-30(37)17-21(18-30)28-34-25(26-27(31)32-14-15-35(26)28)20-12-13-24-23(16-20)33-29(19-8-4-2-5-9-19)36(24)22-10-6-3-7-11-22/h2-4,6-8,10-16,21,37H,17-18H2,1H3,(H2,31,32). The largest absolute Gasteiger partial charge is 0.390 e. The van der Waals surface area contributed by atoms with E-state index in [1.807, 2.05) is 53.9 Å². The Kier molecular flexibility index (Phi) is 4.62. The van der Waals surface area contributed by atoms with E-state index in [9.17, 15) is 5.11 Å². The van der Waals surface area contributed by atoms with Crippen LogP contribution in [0.3, 0.4) is 0 Å². The molecule has 0 unspecified atom stereocenters. The molecule has 1 fully saturated rings. The van der Waals surface area contributed by atoms with Crippen molar-refractivity contribution in [3.8, 4) is 28.3 Å². The summed E-state index contributed by atoms with van der Waals surface area (Å²) in [6.07, 6.45) is 4.93. The van der Waals surface area contributed by atoms with Gasteiger partial charge in [-0.25, -0.2) is 15.0 Å². The first-order valence-corrected chi connectivity index (χ1v) is 12.3. The van der Waals surface area contributed by atoms with Crippen LogP contribution in [0, 0.1) is 12.1 Å². The second kappa shape index (κ2) is 7.92. The van der Waals surface area contributed by atoms with Gasteiger partial charge in [-0.2, -0.15) is 0 Å². The first kappa shape index (κ1) is 21.6. The van der Waals surface area contributed by atoms with Gasteiger partial charge in [-0.1, -0.05) is 42.5 Å². The monoisotopic (exact) mass is 484 g/mol. The van der Waals surface area contributed by atoms with Gasteiger partial charge in [0.05, 0.1) is 22.2 Å². The molecule has 7 nitrogen and oxygen atoms in total. The zero-order chi connectivity index (χ0) is 25.1. The van der Waals surface area contributed by atoms with Crippen molar-refractivity contribution >= 4 is 22.4 Å². The van der Waals surface area contributed by atoms with Crippen LogP contribution < -0.4 is 5.73 Å². The molecule has 7 rings (SSSR count). The summed E-state index contributed by atoms with van der Waals surface area (Å²) in [6, 6.07) is 28.4. The zero-order valence-electron chi connectivity index (χ0n) is 20.3. The van der Waals surface area contributed by atoms with Crippen LogP contribution in [0.1, 0.15) is 31.5 Å². The third kappa shape index (κ3) is 3.45. The van der Waals surface area contributed by atoms with Crippen LogP contribution in [0.4, 0.5) is 5.82 Å². The number of rotatable bonds is 4. The van der Waals surface area contributed by atoms with Crippen LogP contribution in [-0.4, -0.2) is 34.6 Å². The first-order valence-electron chi connectivity index (χ1n) is 12.3. The lowest BCUT2D eigenvalue weighted by Crippen LogP contribution is -2.40. The number of hydrogen-bond donors (Lipinski definition) is 2. The summed E-state index contributed by atoms with van der Waals surface area (Å²) < 4.78 is 4.16. The maximum Gasteiger partial charge on any atom is 0.154 e. The molecule has 1 aliphatic rings. The van der Waals surface area contributed by atoms with E-state index in [1.165, 1.54) is 0 Å². The highest BCUT2D eigenvalue weighted by Crippen LogP contribution is 2.45. The minimum Gasteiger partial charge on any atom is -0.390 e. The SMILES string of the molecule is CC1(O)CC(c2nc(-c3ccc4c(c3)nc(-c3c#cccc3)n4-c3ccccc3)c3c(N)nccn23)C1. The van der Waals surface area contributed by atoms with E-state index in [-0.39, 0.29) is 5.92 Å². The topological polar surface area (TPSA) is 94.3 Å². The van der Waals surface area contributed by atoms with Crippen molar-refractivity contribution in [3.63, 3.8) is 0 Å². The summed E-state index contributed by atoms with van der Waals surface area (Å²) in [4.78, 5) is 14.4. The van der Waals surface area contributed by atoms with E-state index in [0.717, 1.165) is 50.7 Å². The molecule has 3 aromatic carbocycles. The number of fused-ring (bicyclic) bond motifs is 2. The fourth-order valence-corrected chi connectivity index (χ4v) is 5.49. The Morgan fingerprint density at radius 3 is 2.65 bits per heavy atom. The summed E-state index contributed by atoms with van der Waals surface area (Å²) in [5.41, 5.74) is 11.9. The molecule has 6 aromatic rings. The minimum absolute atomic E-state index is 0.163. The molecule has 37 heavy (non-hydrogen) atoms. The summed E-state index contributed by atoms with van der Waals surface area (Å²) in [5.74, 6) is 2.28. The van der Waals surface area contributed by atoms with Crippen LogP contribution >= 0.6 is 0 Å². The number of nitrogens with two attached hydrogens (primary N) is 1. The quantitative estimate of drug-likeness (QED) is 0.358. The summed E-state index contributed by atoms with van der Waals surface area (Å²) >= 11 is 0. The molecule has 3 N–H and O–H groups in total. The number of para-hydroxylation sites is 1. The molecule has 3 heterocycles. The van der Waals surface area contributed by atoms with E-state index in [4.69, 9.17) is 15.7 Å². The number of aliphatic hydroxyl groups is 1. The van der Waals surface area contributed by atoms with Gasteiger partial charge < -0.3 is 10.8 Å². The Morgan fingerprint density at radius 2 is 1.89 bits per heavy atom. The lowest BCUT2D eigenvalue weighted by molar-refractivity contribution is -0.0335. The molecule has 0 atom stereocenters. The van der Waals surface area contributed by atoms with Crippen LogP contribution in [0.25, 0.3) is 44.9 Å². The number of nitrogens with zero attached hydrogens (tertiary/aromatic N) is 5. The van der Waals surface area contributed by atoms with Crippen molar-refractivity contribution < 1.29 is 5.11 Å². The van der Waals surface area contributed by atoms with Gasteiger partial charge >= 0.3 is 0 Å². The van der Waals surface area contributed by atoms with Gasteiger partial charge in [-0.3, -0.25) is 8.97 Å². The summed E-state index contributed by atoms with van der Waals surface area (Å²) in [5, 5.41) is 10.3. The van der Waals surface area contributed by atoms with Gasteiger partial charge in [-0.05, 0) is 56.2 Å². The van der Waals surface area contributed by atoms with Crippen LogP contribution in [0.15, 0.2) is 79.1 Å². The molecule has 0 amide bonds. The molecule has 1 aliphatic carbocycles. The van der Waals surface area contributed by atoms with Crippen molar-refractivity contribution in [2.45, 2.75) is 31.3 Å². The molecule has 0 radical (unpaired) electrons. The van der Waals surface area contributed by atoms with E-state index in [2.05, 4.69) is 52.0 Å². The van der Waals surface area contributed by atoms with Crippen LogP contribution in [0.2, 0.25) is 0 Å². The molecule has 0 saturated heterocycles.